The molecule has 2 rings (SSSR count). The van der Waals surface area contributed by atoms with E-state index in [-0.39, 0.29) is 12.3 Å². The number of nitrogen functional groups attached to an aromatic ring is 1. The Labute approximate surface area is 162 Å². The Morgan fingerprint density at radius 3 is 2.68 bits per heavy atom. The number of carbonyl (C=O) groups is 2. The average Bonchev–Trinajstić information content (AvgIpc) is 2.69. The number of aliphatic imine (C=N–C) groups is 1. The second-order valence-corrected chi connectivity index (χ2v) is 6.28. The van der Waals surface area contributed by atoms with Gasteiger partial charge < -0.3 is 26.6 Å². The third kappa shape index (κ3) is 4.83. The van der Waals surface area contributed by atoms with Gasteiger partial charge in [-0.2, -0.15) is 0 Å². The molecule has 0 aliphatic rings. The molecular weight excluding hydrogens is 362 g/mol. The van der Waals surface area contributed by atoms with E-state index >= 15 is 0 Å². The molecule has 0 spiro atoms. The maximum Gasteiger partial charge on any atom is 0.271 e. The number of carbonyl (C=O) groups excluding carboxylic acids is 2. The lowest BCUT2D eigenvalue weighted by Crippen LogP contribution is -2.59. The number of nitrogens with one attached hydrogen (secondary N) is 1. The smallest absolute Gasteiger partial charge is 0.271 e. The quantitative estimate of drug-likeness (QED) is 0.371. The predicted molar refractivity (Wildman–Crippen MR) is 105 cm³/mol. The van der Waals surface area contributed by atoms with Gasteiger partial charge in [-0.05, 0) is 31.2 Å². The number of benzene rings is 1. The van der Waals surface area contributed by atoms with Crippen molar-refractivity contribution in [1.29, 1.82) is 0 Å². The Morgan fingerprint density at radius 2 is 2.11 bits per heavy atom. The van der Waals surface area contributed by atoms with Gasteiger partial charge >= 0.3 is 0 Å². The minimum absolute atomic E-state index is 0.0229. The van der Waals surface area contributed by atoms with Gasteiger partial charge in [0.05, 0.1) is 6.61 Å². The molecule has 2 aromatic rings. The van der Waals surface area contributed by atoms with E-state index in [2.05, 4.69) is 15.3 Å². The molecule has 148 valence electrons. The highest BCUT2D eigenvalue weighted by Crippen LogP contribution is 2.22. The third-order valence-corrected chi connectivity index (χ3v) is 4.10. The van der Waals surface area contributed by atoms with E-state index in [0.29, 0.717) is 17.0 Å². The Balaban J connectivity index is 2.23. The van der Waals surface area contributed by atoms with E-state index in [0.717, 1.165) is 5.56 Å². The number of aliphatic hydroxyl groups is 1. The van der Waals surface area contributed by atoms with Crippen LogP contribution in [0, 0.1) is 0 Å². The van der Waals surface area contributed by atoms with Crippen LogP contribution in [0.2, 0.25) is 0 Å². The molecule has 0 bridgehead atoms. The largest absolute Gasteiger partial charge is 0.489 e. The van der Waals surface area contributed by atoms with Crippen molar-refractivity contribution >= 4 is 23.2 Å². The molecule has 9 nitrogen and oxygen atoms in total. The normalized spacial score (nSPS) is 13.5. The summed E-state index contributed by atoms with van der Waals surface area (Å²) in [6.45, 7) is 0.943. The number of ether oxygens (including phenoxy) is 1. The Bertz CT molecular complexity index is 885. The number of nitrogens with two attached hydrogens (primary N) is 2. The minimum Gasteiger partial charge on any atom is -0.489 e. The lowest BCUT2D eigenvalue weighted by Gasteiger charge is -2.25. The van der Waals surface area contributed by atoms with Crippen molar-refractivity contribution in [3.63, 3.8) is 0 Å². The molecule has 2 amide bonds. The summed E-state index contributed by atoms with van der Waals surface area (Å²) in [5.41, 5.74) is 11.1. The van der Waals surface area contributed by atoms with Crippen LogP contribution in [0.3, 0.4) is 0 Å². The standard InChI is InChI=1S/C19H23N5O4/c1-19(11-25,18(21)27)24-17(26)16(22-2)14-8-13(5-6-15(14)20)28-10-12-4-3-7-23-9-12/h3-9,25H,10-11,20H2,1-2H3,(H2,21,27)(H,24,26). The van der Waals surface area contributed by atoms with Crippen LogP contribution in [-0.2, 0) is 16.2 Å². The van der Waals surface area contributed by atoms with Crippen LogP contribution in [0.15, 0.2) is 47.7 Å². The van der Waals surface area contributed by atoms with Crippen molar-refractivity contribution in [3.8, 4) is 5.75 Å². The van der Waals surface area contributed by atoms with Crippen LogP contribution in [0.25, 0.3) is 0 Å². The van der Waals surface area contributed by atoms with Gasteiger partial charge in [-0.3, -0.25) is 19.6 Å². The van der Waals surface area contributed by atoms with E-state index < -0.39 is 24.0 Å². The molecule has 1 unspecified atom stereocenters. The van der Waals surface area contributed by atoms with Gasteiger partial charge in [0.2, 0.25) is 5.91 Å². The molecule has 1 heterocycles. The monoisotopic (exact) mass is 385 g/mol. The summed E-state index contributed by atoms with van der Waals surface area (Å²) in [4.78, 5) is 32.2. The van der Waals surface area contributed by atoms with Crippen LogP contribution >= 0.6 is 0 Å². The first kappa shape index (κ1) is 20.8. The highest BCUT2D eigenvalue weighted by molar-refractivity contribution is 6.46. The third-order valence-electron chi connectivity index (χ3n) is 4.10. The number of nitrogens with zero attached hydrogens (tertiary/aromatic N) is 2. The van der Waals surface area contributed by atoms with Crippen molar-refractivity contribution in [2.45, 2.75) is 19.1 Å². The number of rotatable bonds is 8. The van der Waals surface area contributed by atoms with Gasteiger partial charge in [-0.15, -0.1) is 0 Å². The van der Waals surface area contributed by atoms with E-state index in [1.807, 2.05) is 6.07 Å². The number of hydrogen-bond acceptors (Lipinski definition) is 7. The average molecular weight is 385 g/mol. The summed E-state index contributed by atoms with van der Waals surface area (Å²) in [5.74, 6) is -1.10. The number of anilines is 1. The summed E-state index contributed by atoms with van der Waals surface area (Å²) >= 11 is 0. The molecule has 0 fully saturated rings. The summed E-state index contributed by atoms with van der Waals surface area (Å²) in [6, 6.07) is 8.51. The lowest BCUT2D eigenvalue weighted by molar-refractivity contribution is -0.129. The molecule has 9 heteroatoms. The first-order valence-electron chi connectivity index (χ1n) is 8.42. The molecule has 1 aromatic carbocycles. The molecule has 0 saturated heterocycles. The van der Waals surface area contributed by atoms with Gasteiger partial charge in [0.15, 0.2) is 0 Å². The molecular formula is C19H23N5O4. The molecule has 28 heavy (non-hydrogen) atoms. The van der Waals surface area contributed by atoms with Gasteiger partial charge in [0.25, 0.3) is 5.91 Å². The highest BCUT2D eigenvalue weighted by Gasteiger charge is 2.34. The molecule has 0 aliphatic heterocycles. The predicted octanol–water partition coefficient (Wildman–Crippen LogP) is 0.0142. The zero-order valence-electron chi connectivity index (χ0n) is 15.7. The van der Waals surface area contributed by atoms with Gasteiger partial charge in [0.1, 0.15) is 23.6 Å². The van der Waals surface area contributed by atoms with Crippen LogP contribution in [0.1, 0.15) is 18.1 Å². The van der Waals surface area contributed by atoms with Crippen molar-refractivity contribution in [3.05, 3.63) is 53.9 Å². The molecule has 0 saturated carbocycles. The van der Waals surface area contributed by atoms with Crippen molar-refractivity contribution in [2.24, 2.45) is 10.7 Å². The number of hydrogen-bond donors (Lipinski definition) is 4. The first-order valence-corrected chi connectivity index (χ1v) is 8.42. The summed E-state index contributed by atoms with van der Waals surface area (Å²) in [6.07, 6.45) is 3.35. The van der Waals surface area contributed by atoms with Crippen LogP contribution in [-0.4, -0.2) is 46.8 Å². The molecule has 1 atom stereocenters. The maximum atomic E-state index is 12.6. The van der Waals surface area contributed by atoms with Crippen molar-refractivity contribution in [1.82, 2.24) is 10.3 Å². The summed E-state index contributed by atoms with van der Waals surface area (Å²) < 4.78 is 5.73. The highest BCUT2D eigenvalue weighted by atomic mass is 16.5. The zero-order chi connectivity index (χ0) is 20.7. The van der Waals surface area contributed by atoms with Crippen LogP contribution < -0.4 is 21.5 Å². The Kier molecular flexibility index (Phi) is 6.67. The number of pyridine rings is 1. The number of amides is 2. The first-order chi connectivity index (χ1) is 13.3. The maximum absolute atomic E-state index is 12.6. The summed E-state index contributed by atoms with van der Waals surface area (Å²) in [7, 11) is 1.41. The van der Waals surface area contributed by atoms with E-state index in [9.17, 15) is 14.7 Å². The fraction of sp³-hybridized carbons (Fsp3) is 0.263. The zero-order valence-corrected chi connectivity index (χ0v) is 15.7. The van der Waals surface area contributed by atoms with Gasteiger partial charge in [-0.25, -0.2) is 0 Å². The SMILES string of the molecule is CN=C(C(=O)NC(C)(CO)C(N)=O)c1cc(OCc2cccnc2)ccc1N. The number of primary amides is 1. The number of aromatic nitrogens is 1. The fourth-order valence-electron chi connectivity index (χ4n) is 2.31. The molecule has 6 N–H and O–H groups in total. The molecule has 0 radical (unpaired) electrons. The Morgan fingerprint density at radius 1 is 1.36 bits per heavy atom. The van der Waals surface area contributed by atoms with Crippen molar-refractivity contribution < 1.29 is 19.4 Å². The van der Waals surface area contributed by atoms with Gasteiger partial charge in [0, 0.05) is 36.3 Å². The topological polar surface area (TPSA) is 153 Å². The van der Waals surface area contributed by atoms with Crippen LogP contribution in [0.4, 0.5) is 5.69 Å². The minimum atomic E-state index is -1.63. The van der Waals surface area contributed by atoms with E-state index in [1.165, 1.54) is 14.0 Å². The van der Waals surface area contributed by atoms with Crippen molar-refractivity contribution in [2.75, 3.05) is 19.4 Å². The lowest BCUT2D eigenvalue weighted by atomic mass is 10.0. The van der Waals surface area contributed by atoms with Gasteiger partial charge in [-0.1, -0.05) is 6.07 Å². The number of aliphatic hydroxyl groups excluding tert-OH is 1. The molecule has 0 aliphatic carbocycles. The summed E-state index contributed by atoms with van der Waals surface area (Å²) in [5, 5.41) is 11.8. The van der Waals surface area contributed by atoms with Crippen LogP contribution in [0.5, 0.6) is 5.75 Å². The van der Waals surface area contributed by atoms with E-state index in [4.69, 9.17) is 16.2 Å². The molecule has 1 aromatic heterocycles. The Hall–Kier alpha value is -3.46. The fourth-order valence-corrected chi connectivity index (χ4v) is 2.31. The van der Waals surface area contributed by atoms with E-state index in [1.54, 1.807) is 36.7 Å². The second kappa shape index (κ2) is 8.96. The second-order valence-electron chi connectivity index (χ2n) is 6.28.